The summed E-state index contributed by atoms with van der Waals surface area (Å²) >= 11 is 0. The number of amides is 2. The number of hydrogen-bond acceptors (Lipinski definition) is 3. The van der Waals surface area contributed by atoms with Gasteiger partial charge in [-0.05, 0) is 45.6 Å². The molecule has 0 aromatic carbocycles. The number of nitrogens with one attached hydrogen (secondary N) is 1. The minimum absolute atomic E-state index is 0.0825. The molecule has 21 heavy (non-hydrogen) atoms. The van der Waals surface area contributed by atoms with Crippen LogP contribution in [0.1, 0.15) is 39.0 Å². The van der Waals surface area contributed by atoms with E-state index in [0.29, 0.717) is 25.6 Å². The van der Waals surface area contributed by atoms with Gasteiger partial charge in [0.05, 0.1) is 5.41 Å². The number of rotatable bonds is 2. The van der Waals surface area contributed by atoms with E-state index < -0.39 is 11.4 Å². The number of nitrogens with zero attached hydrogens (tertiary/aromatic N) is 2. The Hall–Kier alpha value is -1.30. The Labute approximate surface area is 125 Å². The lowest BCUT2D eigenvalue weighted by molar-refractivity contribution is -0.150. The molecule has 2 amide bonds. The fourth-order valence-electron chi connectivity index (χ4n) is 4.09. The predicted molar refractivity (Wildman–Crippen MR) is 78.1 cm³/mol. The Bertz CT molecular complexity index is 442. The summed E-state index contributed by atoms with van der Waals surface area (Å²) in [6.07, 6.45) is 4.80. The molecule has 3 fully saturated rings. The number of carbonyl (C=O) groups is 2. The molecule has 0 aliphatic carbocycles. The first-order valence-electron chi connectivity index (χ1n) is 8.02. The molecular formula is C15H25N3O3. The zero-order valence-corrected chi connectivity index (χ0v) is 12.7. The molecule has 2 N–H and O–H groups in total. The van der Waals surface area contributed by atoms with E-state index in [1.165, 1.54) is 6.42 Å². The normalized spacial score (nSPS) is 36.5. The Kier molecular flexibility index (Phi) is 3.82. The number of carboxylic acid groups (broad SMARTS) is 1. The van der Waals surface area contributed by atoms with Crippen molar-refractivity contribution in [1.29, 1.82) is 0 Å². The highest BCUT2D eigenvalue weighted by Crippen LogP contribution is 2.31. The lowest BCUT2D eigenvalue weighted by Gasteiger charge is -2.38. The number of hydrogen-bond donors (Lipinski definition) is 2. The van der Waals surface area contributed by atoms with Crippen molar-refractivity contribution >= 4 is 12.0 Å². The smallest absolute Gasteiger partial charge is 0.317 e. The Morgan fingerprint density at radius 2 is 2.00 bits per heavy atom. The van der Waals surface area contributed by atoms with Crippen molar-refractivity contribution in [2.24, 2.45) is 5.41 Å². The van der Waals surface area contributed by atoms with Crippen LogP contribution in [0, 0.1) is 5.41 Å². The van der Waals surface area contributed by atoms with Crippen LogP contribution in [0.3, 0.4) is 0 Å². The monoisotopic (exact) mass is 295 g/mol. The first kappa shape index (κ1) is 14.6. The van der Waals surface area contributed by atoms with Gasteiger partial charge in [0.2, 0.25) is 0 Å². The van der Waals surface area contributed by atoms with Gasteiger partial charge in [0.25, 0.3) is 0 Å². The first-order valence-corrected chi connectivity index (χ1v) is 8.02. The fraction of sp³-hybridized carbons (Fsp3) is 0.867. The van der Waals surface area contributed by atoms with Crippen LogP contribution in [0.4, 0.5) is 4.79 Å². The third-order valence-electron chi connectivity index (χ3n) is 5.41. The molecule has 0 radical (unpaired) electrons. The van der Waals surface area contributed by atoms with Gasteiger partial charge < -0.3 is 15.3 Å². The summed E-state index contributed by atoms with van der Waals surface area (Å²) < 4.78 is 0. The molecule has 0 spiro atoms. The van der Waals surface area contributed by atoms with Crippen LogP contribution in [-0.2, 0) is 4.79 Å². The second-order valence-corrected chi connectivity index (χ2v) is 6.98. The van der Waals surface area contributed by atoms with E-state index in [9.17, 15) is 14.7 Å². The highest BCUT2D eigenvalue weighted by Gasteiger charge is 2.42. The van der Waals surface area contributed by atoms with Crippen molar-refractivity contribution in [3.05, 3.63) is 0 Å². The molecule has 0 aromatic heterocycles. The predicted octanol–water partition coefficient (Wildman–Crippen LogP) is 1.12. The summed E-state index contributed by atoms with van der Waals surface area (Å²) in [5.41, 5.74) is -0.801. The minimum Gasteiger partial charge on any atom is -0.481 e. The summed E-state index contributed by atoms with van der Waals surface area (Å²) in [5.74, 6) is -0.803. The van der Waals surface area contributed by atoms with Crippen molar-refractivity contribution in [2.45, 2.75) is 51.1 Å². The van der Waals surface area contributed by atoms with Gasteiger partial charge in [-0.2, -0.15) is 0 Å². The SMILES string of the molecule is CC1(C(=O)O)CCCN(C(=O)NC2CCN3CCCC23)C1. The molecule has 0 saturated carbocycles. The Morgan fingerprint density at radius 3 is 2.76 bits per heavy atom. The third-order valence-corrected chi connectivity index (χ3v) is 5.41. The lowest BCUT2D eigenvalue weighted by Crippen LogP contribution is -2.54. The number of carbonyl (C=O) groups excluding carboxylic acids is 1. The average molecular weight is 295 g/mol. The van der Waals surface area contributed by atoms with Crippen LogP contribution in [0.2, 0.25) is 0 Å². The molecule has 3 atom stereocenters. The summed E-state index contributed by atoms with van der Waals surface area (Å²) in [5, 5.41) is 12.5. The fourth-order valence-corrected chi connectivity index (χ4v) is 4.09. The van der Waals surface area contributed by atoms with Crippen LogP contribution < -0.4 is 5.32 Å². The van der Waals surface area contributed by atoms with Gasteiger partial charge in [0, 0.05) is 31.7 Å². The first-order chi connectivity index (χ1) is 9.99. The van der Waals surface area contributed by atoms with E-state index >= 15 is 0 Å². The topological polar surface area (TPSA) is 72.9 Å². The van der Waals surface area contributed by atoms with Crippen molar-refractivity contribution < 1.29 is 14.7 Å². The van der Waals surface area contributed by atoms with Gasteiger partial charge in [-0.25, -0.2) is 4.79 Å². The molecule has 0 bridgehead atoms. The van der Waals surface area contributed by atoms with E-state index in [4.69, 9.17) is 0 Å². The zero-order chi connectivity index (χ0) is 15.0. The number of piperidine rings is 1. The highest BCUT2D eigenvalue weighted by atomic mass is 16.4. The van der Waals surface area contributed by atoms with Crippen molar-refractivity contribution in [3.8, 4) is 0 Å². The summed E-state index contributed by atoms with van der Waals surface area (Å²) in [7, 11) is 0. The van der Waals surface area contributed by atoms with Gasteiger partial charge in [0.15, 0.2) is 0 Å². The van der Waals surface area contributed by atoms with E-state index in [-0.39, 0.29) is 12.1 Å². The standard InChI is InChI=1S/C15H25N3O3/c1-15(13(19)20)6-3-8-18(10-15)14(21)16-11-5-9-17-7-2-4-12(11)17/h11-12H,2-10H2,1H3,(H,16,21)(H,19,20). The van der Waals surface area contributed by atoms with E-state index in [1.54, 1.807) is 11.8 Å². The van der Waals surface area contributed by atoms with Gasteiger partial charge in [-0.1, -0.05) is 0 Å². The summed E-state index contributed by atoms with van der Waals surface area (Å²) in [6.45, 7) is 4.94. The Morgan fingerprint density at radius 1 is 1.19 bits per heavy atom. The zero-order valence-electron chi connectivity index (χ0n) is 12.7. The number of urea groups is 1. The molecule has 6 heteroatoms. The van der Waals surface area contributed by atoms with Crippen LogP contribution in [0.15, 0.2) is 0 Å². The molecule has 3 heterocycles. The van der Waals surface area contributed by atoms with Gasteiger partial charge in [0.1, 0.15) is 0 Å². The number of carboxylic acids is 1. The molecule has 3 rings (SSSR count). The molecular weight excluding hydrogens is 270 g/mol. The van der Waals surface area contributed by atoms with Gasteiger partial charge >= 0.3 is 12.0 Å². The molecule has 3 aliphatic rings. The van der Waals surface area contributed by atoms with E-state index in [0.717, 1.165) is 32.4 Å². The number of fused-ring (bicyclic) bond motifs is 1. The summed E-state index contributed by atoms with van der Waals surface area (Å²) in [6, 6.07) is 0.642. The second-order valence-electron chi connectivity index (χ2n) is 6.98. The minimum atomic E-state index is -0.803. The summed E-state index contributed by atoms with van der Waals surface area (Å²) in [4.78, 5) is 28.0. The molecule has 118 valence electrons. The van der Waals surface area contributed by atoms with Crippen LogP contribution >= 0.6 is 0 Å². The highest BCUT2D eigenvalue weighted by molar-refractivity contribution is 5.78. The van der Waals surface area contributed by atoms with Crippen LogP contribution in [-0.4, -0.2) is 65.2 Å². The van der Waals surface area contributed by atoms with Crippen LogP contribution in [0.5, 0.6) is 0 Å². The van der Waals surface area contributed by atoms with Crippen LogP contribution in [0.25, 0.3) is 0 Å². The second kappa shape index (κ2) is 5.48. The third kappa shape index (κ3) is 2.73. The quantitative estimate of drug-likeness (QED) is 0.801. The van der Waals surface area contributed by atoms with Gasteiger partial charge in [-0.15, -0.1) is 0 Å². The molecule has 3 unspecified atom stereocenters. The molecule has 3 saturated heterocycles. The largest absolute Gasteiger partial charge is 0.481 e. The molecule has 0 aromatic rings. The Balaban J connectivity index is 1.59. The van der Waals surface area contributed by atoms with E-state index in [2.05, 4.69) is 10.2 Å². The maximum Gasteiger partial charge on any atom is 0.317 e. The van der Waals surface area contributed by atoms with Gasteiger partial charge in [-0.3, -0.25) is 9.69 Å². The van der Waals surface area contributed by atoms with Crippen molar-refractivity contribution in [1.82, 2.24) is 15.1 Å². The van der Waals surface area contributed by atoms with Crippen molar-refractivity contribution in [2.75, 3.05) is 26.2 Å². The molecule has 3 aliphatic heterocycles. The maximum absolute atomic E-state index is 12.5. The van der Waals surface area contributed by atoms with E-state index in [1.807, 2.05) is 0 Å². The maximum atomic E-state index is 12.5. The number of likely N-dealkylation sites (tertiary alicyclic amines) is 1. The molecule has 6 nitrogen and oxygen atoms in total. The lowest BCUT2D eigenvalue weighted by atomic mass is 9.82. The average Bonchev–Trinajstić information content (AvgIpc) is 3.03. The number of aliphatic carboxylic acids is 1. The van der Waals surface area contributed by atoms with Crippen molar-refractivity contribution in [3.63, 3.8) is 0 Å².